The van der Waals surface area contributed by atoms with Gasteiger partial charge in [-0.2, -0.15) is 0 Å². The summed E-state index contributed by atoms with van der Waals surface area (Å²) < 4.78 is 0. The molecule has 1 N–H and O–H groups in total. The fourth-order valence-corrected chi connectivity index (χ4v) is 9.00. The van der Waals surface area contributed by atoms with Gasteiger partial charge in [-0.3, -0.25) is 9.98 Å². The molecular weight excluding hydrogens is 715 g/mol. The monoisotopic (exact) mass is 755 g/mol. The summed E-state index contributed by atoms with van der Waals surface area (Å²) in [7, 11) is 0. The van der Waals surface area contributed by atoms with Crippen LogP contribution < -0.4 is 0 Å². The molecule has 0 amide bonds. The molecule has 0 fully saturated rings. The maximum atomic E-state index is 9.01. The van der Waals surface area contributed by atoms with Gasteiger partial charge in [-0.05, 0) is 101 Å². The van der Waals surface area contributed by atoms with Crippen molar-refractivity contribution < 1.29 is 0 Å². The lowest BCUT2D eigenvalue weighted by Gasteiger charge is -2.25. The van der Waals surface area contributed by atoms with Crippen LogP contribution in [0.4, 0.5) is 0 Å². The van der Waals surface area contributed by atoms with Gasteiger partial charge in [0.25, 0.3) is 0 Å². The average molecular weight is 756 g/mol. The second-order valence-corrected chi connectivity index (χ2v) is 15.8. The normalized spacial score (nSPS) is 13.2. The minimum atomic E-state index is -0.151. The van der Waals surface area contributed by atoms with Crippen molar-refractivity contribution in [2.24, 2.45) is 4.99 Å². The number of pyridine rings is 1. The molecule has 1 aromatic heterocycles. The summed E-state index contributed by atoms with van der Waals surface area (Å²) >= 11 is 0. The van der Waals surface area contributed by atoms with Gasteiger partial charge in [-0.1, -0.05) is 178 Å². The van der Waals surface area contributed by atoms with Crippen molar-refractivity contribution in [3.8, 4) is 44.5 Å². The van der Waals surface area contributed by atoms with Gasteiger partial charge in [0.1, 0.15) is 0 Å². The molecule has 3 nitrogen and oxygen atoms in total. The van der Waals surface area contributed by atoms with Crippen molar-refractivity contribution in [3.63, 3.8) is 0 Å². The van der Waals surface area contributed by atoms with Crippen LogP contribution in [0.1, 0.15) is 41.7 Å². The molecule has 0 spiro atoms. The molecule has 0 saturated carbocycles. The van der Waals surface area contributed by atoms with E-state index in [1.807, 2.05) is 61.0 Å². The Morgan fingerprint density at radius 1 is 0.542 bits per heavy atom. The zero-order chi connectivity index (χ0) is 39.9. The van der Waals surface area contributed by atoms with E-state index in [2.05, 4.69) is 158 Å². The van der Waals surface area contributed by atoms with Crippen LogP contribution in [0.25, 0.3) is 71.7 Å². The van der Waals surface area contributed by atoms with Crippen molar-refractivity contribution in [1.29, 1.82) is 5.41 Å². The summed E-state index contributed by atoms with van der Waals surface area (Å²) in [6.45, 7) is 4.74. The molecule has 10 rings (SSSR count). The molecule has 1 heterocycles. The minimum Gasteiger partial charge on any atom is -0.300 e. The highest BCUT2D eigenvalue weighted by atomic mass is 14.7. The number of hydrogen-bond donors (Lipinski definition) is 1. The quantitative estimate of drug-likeness (QED) is 0.154. The highest BCUT2D eigenvalue weighted by molar-refractivity contribution is 6.12. The Bertz CT molecular complexity index is 3140. The third-order valence-electron chi connectivity index (χ3n) is 11.9. The van der Waals surface area contributed by atoms with Gasteiger partial charge in [0, 0.05) is 40.7 Å². The third-order valence-corrected chi connectivity index (χ3v) is 11.9. The van der Waals surface area contributed by atoms with Gasteiger partial charge < -0.3 is 5.41 Å². The number of hydrogen-bond acceptors (Lipinski definition) is 3. The minimum absolute atomic E-state index is 0.151. The SMILES string of the molecule is CC1(C)c2ccc3ccccc3c2-c2cccc(-c3cccc(-c4ccc(C=N/C(=C\C(=N)c5ccccc5)c5cccc(-c6cccnc6)c5)c5ccccc45)c3)c21. The highest BCUT2D eigenvalue weighted by Crippen LogP contribution is 2.54. The molecule has 0 unspecified atom stereocenters. The van der Waals surface area contributed by atoms with Crippen molar-refractivity contribution in [1.82, 2.24) is 4.98 Å². The fourth-order valence-electron chi connectivity index (χ4n) is 9.00. The van der Waals surface area contributed by atoms with Gasteiger partial charge in [0.2, 0.25) is 0 Å². The first-order valence-electron chi connectivity index (χ1n) is 20.1. The Balaban J connectivity index is 1.04. The maximum Gasteiger partial charge on any atom is 0.0723 e. The molecule has 3 heteroatoms. The Kier molecular flexibility index (Phi) is 8.99. The van der Waals surface area contributed by atoms with Crippen LogP contribution in [0.3, 0.4) is 0 Å². The smallest absolute Gasteiger partial charge is 0.0723 e. The lowest BCUT2D eigenvalue weighted by molar-refractivity contribution is 0.662. The lowest BCUT2D eigenvalue weighted by Crippen LogP contribution is -2.16. The average Bonchev–Trinajstić information content (AvgIpc) is 3.54. The van der Waals surface area contributed by atoms with Gasteiger partial charge in [-0.15, -0.1) is 0 Å². The van der Waals surface area contributed by atoms with Crippen LogP contribution in [0.15, 0.2) is 205 Å². The van der Waals surface area contributed by atoms with Crippen molar-refractivity contribution in [2.45, 2.75) is 19.3 Å². The summed E-state index contributed by atoms with van der Waals surface area (Å²) in [6.07, 6.45) is 7.46. The first-order valence-corrected chi connectivity index (χ1v) is 20.1. The molecule has 1 aliphatic rings. The Morgan fingerprint density at radius 2 is 1.22 bits per heavy atom. The van der Waals surface area contributed by atoms with Crippen LogP contribution in [-0.2, 0) is 5.41 Å². The molecule has 0 atom stereocenters. The van der Waals surface area contributed by atoms with E-state index in [-0.39, 0.29) is 5.41 Å². The fraction of sp³-hybridized carbons (Fsp3) is 0.0536. The van der Waals surface area contributed by atoms with Crippen LogP contribution in [-0.4, -0.2) is 16.9 Å². The largest absolute Gasteiger partial charge is 0.300 e. The van der Waals surface area contributed by atoms with Crippen LogP contribution >= 0.6 is 0 Å². The van der Waals surface area contributed by atoms with E-state index in [0.29, 0.717) is 11.4 Å². The number of nitrogens with one attached hydrogen (secondary N) is 1. The summed E-state index contributed by atoms with van der Waals surface area (Å²) in [6, 6.07) is 64.3. The zero-order valence-corrected chi connectivity index (χ0v) is 33.0. The van der Waals surface area contributed by atoms with E-state index in [9.17, 15) is 0 Å². The third kappa shape index (κ3) is 6.47. The zero-order valence-electron chi connectivity index (χ0n) is 33.0. The molecule has 0 saturated heterocycles. The topological polar surface area (TPSA) is 49.1 Å². The molecule has 280 valence electrons. The predicted octanol–water partition coefficient (Wildman–Crippen LogP) is 14.2. The molecule has 59 heavy (non-hydrogen) atoms. The summed E-state index contributed by atoms with van der Waals surface area (Å²) in [4.78, 5) is 9.47. The predicted molar refractivity (Wildman–Crippen MR) is 248 cm³/mol. The molecule has 0 radical (unpaired) electrons. The number of allylic oxidation sites excluding steroid dienone is 1. The van der Waals surface area contributed by atoms with Crippen molar-refractivity contribution in [2.75, 3.05) is 0 Å². The van der Waals surface area contributed by atoms with E-state index < -0.39 is 0 Å². The van der Waals surface area contributed by atoms with E-state index in [0.717, 1.165) is 38.6 Å². The molecule has 0 aliphatic heterocycles. The molecular formula is C56H41N3. The van der Waals surface area contributed by atoms with E-state index >= 15 is 0 Å². The second-order valence-electron chi connectivity index (χ2n) is 15.8. The Labute approximate surface area is 345 Å². The molecule has 8 aromatic carbocycles. The van der Waals surface area contributed by atoms with Gasteiger partial charge in [0.15, 0.2) is 0 Å². The van der Waals surface area contributed by atoms with Gasteiger partial charge >= 0.3 is 0 Å². The van der Waals surface area contributed by atoms with E-state index in [1.54, 1.807) is 6.20 Å². The lowest BCUT2D eigenvalue weighted by atomic mass is 9.78. The number of fused-ring (bicyclic) bond motifs is 6. The van der Waals surface area contributed by atoms with Crippen molar-refractivity contribution in [3.05, 3.63) is 228 Å². The van der Waals surface area contributed by atoms with E-state index in [1.165, 1.54) is 55.3 Å². The molecule has 0 bridgehead atoms. The molecule has 1 aliphatic carbocycles. The number of rotatable bonds is 8. The first kappa shape index (κ1) is 35.9. The Hall–Kier alpha value is -7.49. The number of benzene rings is 8. The summed E-state index contributed by atoms with van der Waals surface area (Å²) in [5.41, 5.74) is 16.1. The summed E-state index contributed by atoms with van der Waals surface area (Å²) in [5, 5.41) is 13.9. The number of aliphatic imine (C=N–C) groups is 1. The Morgan fingerprint density at radius 3 is 2.05 bits per heavy atom. The van der Waals surface area contributed by atoms with Gasteiger partial charge in [0.05, 0.1) is 11.4 Å². The molecule has 9 aromatic rings. The van der Waals surface area contributed by atoms with Crippen LogP contribution in [0, 0.1) is 5.41 Å². The van der Waals surface area contributed by atoms with Gasteiger partial charge in [-0.25, -0.2) is 0 Å². The van der Waals surface area contributed by atoms with Crippen LogP contribution in [0.2, 0.25) is 0 Å². The second kappa shape index (κ2) is 14.8. The maximum absolute atomic E-state index is 9.01. The first-order chi connectivity index (χ1) is 28.9. The summed E-state index contributed by atoms with van der Waals surface area (Å²) in [5.74, 6) is 0. The number of aromatic nitrogens is 1. The number of nitrogens with zero attached hydrogens (tertiary/aromatic N) is 2. The standard InChI is InChI=1S/C56H41N3/c1-56(2)51-30-28-37-14-6-7-23-47(37)54(51)50-26-12-25-48(55(50)56)41-19-11-18-40(33-41)46-29-27-44(45-22-8-9-24-49(45)46)36-59-53(34-52(57)38-15-4-3-5-16-38)42-20-10-17-39(32-42)43-21-13-31-58-35-43/h3-36,57H,1-2H3/b53-34-,57-52?,59-36?. The van der Waals surface area contributed by atoms with E-state index in [4.69, 9.17) is 10.4 Å². The highest BCUT2D eigenvalue weighted by Gasteiger charge is 2.38. The van der Waals surface area contributed by atoms with Crippen molar-refractivity contribution >= 4 is 39.2 Å². The van der Waals surface area contributed by atoms with Crippen LogP contribution in [0.5, 0.6) is 0 Å².